The minimum atomic E-state index is -1.27. The fourth-order valence-corrected chi connectivity index (χ4v) is 2.73. The van der Waals surface area contributed by atoms with Gasteiger partial charge in [-0.2, -0.15) is 0 Å². The number of ether oxygens (including phenoxy) is 1. The lowest BCUT2D eigenvalue weighted by Gasteiger charge is -2.22. The Labute approximate surface area is 149 Å². The molecule has 6 nitrogen and oxygen atoms in total. The summed E-state index contributed by atoms with van der Waals surface area (Å²) in [5, 5.41) is 2.60. The maximum absolute atomic E-state index is 13.6. The third-order valence-corrected chi connectivity index (χ3v) is 4.25. The van der Waals surface area contributed by atoms with Crippen LogP contribution in [0, 0.1) is 12.7 Å². The number of hydrogen-bond acceptors (Lipinski definition) is 4. The van der Waals surface area contributed by atoms with Crippen LogP contribution in [0.1, 0.15) is 18.1 Å². The van der Waals surface area contributed by atoms with Crippen molar-refractivity contribution >= 4 is 17.9 Å². The van der Waals surface area contributed by atoms with E-state index >= 15 is 0 Å². The number of urea groups is 1. The molecule has 1 fully saturated rings. The molecule has 0 spiro atoms. The number of carbonyl (C=O) groups is 3. The second-order valence-electron chi connectivity index (χ2n) is 6.22. The summed E-state index contributed by atoms with van der Waals surface area (Å²) >= 11 is 0. The van der Waals surface area contributed by atoms with Crippen LogP contribution in [0.3, 0.4) is 0 Å². The molecule has 0 saturated carbocycles. The number of aryl methyl sites for hydroxylation is 1. The number of halogens is 1. The van der Waals surface area contributed by atoms with Crippen molar-refractivity contribution in [1.82, 2.24) is 10.2 Å². The predicted molar refractivity (Wildman–Crippen MR) is 90.8 cm³/mol. The standard InChI is InChI=1S/C19H17FN2O4/c1-12-7-9-13(10-8-12)19(2)17(24)22(18(25)21-19)11-16(23)26-15-6-4-3-5-14(15)20/h3-10H,11H2,1-2H3,(H,21,25). The van der Waals surface area contributed by atoms with Gasteiger partial charge in [-0.3, -0.25) is 9.69 Å². The first-order chi connectivity index (χ1) is 12.3. The third-order valence-electron chi connectivity index (χ3n) is 4.25. The molecule has 0 aromatic heterocycles. The van der Waals surface area contributed by atoms with Crippen molar-refractivity contribution in [2.24, 2.45) is 0 Å². The Bertz CT molecular complexity index is 881. The molecular formula is C19H17FN2O4. The van der Waals surface area contributed by atoms with Crippen LogP contribution in [-0.4, -0.2) is 29.4 Å². The van der Waals surface area contributed by atoms with E-state index in [-0.39, 0.29) is 5.75 Å². The summed E-state index contributed by atoms with van der Waals surface area (Å²) in [5.74, 6) is -2.45. The average Bonchev–Trinajstić information content (AvgIpc) is 2.82. The summed E-state index contributed by atoms with van der Waals surface area (Å²) in [5.41, 5.74) is 0.342. The molecule has 1 atom stereocenters. The lowest BCUT2D eigenvalue weighted by molar-refractivity contribution is -0.141. The Kier molecular flexibility index (Phi) is 4.46. The number of benzene rings is 2. The van der Waals surface area contributed by atoms with Gasteiger partial charge >= 0.3 is 12.0 Å². The van der Waals surface area contributed by atoms with Crippen LogP contribution >= 0.6 is 0 Å². The first-order valence-electron chi connectivity index (χ1n) is 7.98. The van der Waals surface area contributed by atoms with Gasteiger partial charge in [-0.05, 0) is 31.5 Å². The molecule has 0 radical (unpaired) electrons. The summed E-state index contributed by atoms with van der Waals surface area (Å²) in [4.78, 5) is 37.8. The summed E-state index contributed by atoms with van der Waals surface area (Å²) in [6.07, 6.45) is 0. The van der Waals surface area contributed by atoms with E-state index in [9.17, 15) is 18.8 Å². The van der Waals surface area contributed by atoms with E-state index in [1.54, 1.807) is 19.1 Å². The van der Waals surface area contributed by atoms with E-state index in [0.717, 1.165) is 16.5 Å². The van der Waals surface area contributed by atoms with Crippen molar-refractivity contribution in [2.75, 3.05) is 6.54 Å². The van der Waals surface area contributed by atoms with E-state index in [4.69, 9.17) is 4.74 Å². The molecule has 1 saturated heterocycles. The van der Waals surface area contributed by atoms with Gasteiger partial charge in [-0.25, -0.2) is 14.0 Å². The van der Waals surface area contributed by atoms with Gasteiger partial charge < -0.3 is 10.1 Å². The quantitative estimate of drug-likeness (QED) is 0.519. The number of hydrogen-bond donors (Lipinski definition) is 1. The molecule has 3 amide bonds. The van der Waals surface area contributed by atoms with Gasteiger partial charge in [0.25, 0.3) is 5.91 Å². The van der Waals surface area contributed by atoms with Gasteiger partial charge in [0.2, 0.25) is 0 Å². The molecule has 3 rings (SSSR count). The molecule has 1 aliphatic rings. The number of carbonyl (C=O) groups excluding carboxylic acids is 3. The molecule has 1 aliphatic heterocycles. The topological polar surface area (TPSA) is 75.7 Å². The highest BCUT2D eigenvalue weighted by Crippen LogP contribution is 2.29. The van der Waals surface area contributed by atoms with Crippen LogP contribution in [0.25, 0.3) is 0 Å². The van der Waals surface area contributed by atoms with Crippen LogP contribution in [0.15, 0.2) is 48.5 Å². The van der Waals surface area contributed by atoms with Crippen molar-refractivity contribution in [3.8, 4) is 5.75 Å². The molecule has 2 aromatic rings. The van der Waals surface area contributed by atoms with Crippen molar-refractivity contribution < 1.29 is 23.5 Å². The summed E-state index contributed by atoms with van der Waals surface area (Å²) < 4.78 is 18.5. The van der Waals surface area contributed by atoms with Crippen molar-refractivity contribution in [1.29, 1.82) is 0 Å². The number of imide groups is 1. The summed E-state index contributed by atoms with van der Waals surface area (Å²) in [6, 6.07) is 11.8. The number of esters is 1. The second-order valence-corrected chi connectivity index (χ2v) is 6.22. The second kappa shape index (κ2) is 6.59. The SMILES string of the molecule is Cc1ccc(C2(C)NC(=O)N(CC(=O)Oc3ccccc3F)C2=O)cc1. The lowest BCUT2D eigenvalue weighted by Crippen LogP contribution is -2.42. The summed E-state index contributed by atoms with van der Waals surface area (Å²) in [6.45, 7) is 2.87. The van der Waals surface area contributed by atoms with E-state index < -0.39 is 35.8 Å². The Morgan fingerprint density at radius 1 is 1.15 bits per heavy atom. The number of nitrogens with zero attached hydrogens (tertiary/aromatic N) is 1. The molecule has 0 aliphatic carbocycles. The van der Waals surface area contributed by atoms with Gasteiger partial charge in [0.15, 0.2) is 11.6 Å². The van der Waals surface area contributed by atoms with E-state index in [2.05, 4.69) is 5.32 Å². The molecule has 0 bridgehead atoms. The fraction of sp³-hybridized carbons (Fsp3) is 0.211. The fourth-order valence-electron chi connectivity index (χ4n) is 2.73. The Balaban J connectivity index is 1.76. The van der Waals surface area contributed by atoms with E-state index in [0.29, 0.717) is 5.56 Å². The Hall–Kier alpha value is -3.22. The van der Waals surface area contributed by atoms with Gasteiger partial charge in [0.1, 0.15) is 12.1 Å². The lowest BCUT2D eigenvalue weighted by atomic mass is 9.91. The van der Waals surface area contributed by atoms with Crippen molar-refractivity contribution in [3.05, 3.63) is 65.5 Å². The van der Waals surface area contributed by atoms with Gasteiger partial charge in [-0.15, -0.1) is 0 Å². The summed E-state index contributed by atoms with van der Waals surface area (Å²) in [7, 11) is 0. The molecule has 1 unspecified atom stereocenters. The van der Waals surface area contributed by atoms with E-state index in [1.807, 2.05) is 19.1 Å². The van der Waals surface area contributed by atoms with Crippen LogP contribution < -0.4 is 10.1 Å². The zero-order chi connectivity index (χ0) is 18.9. The zero-order valence-corrected chi connectivity index (χ0v) is 14.3. The maximum atomic E-state index is 13.6. The Morgan fingerprint density at radius 2 is 1.81 bits per heavy atom. The highest BCUT2D eigenvalue weighted by Gasteiger charge is 2.49. The van der Waals surface area contributed by atoms with Crippen LogP contribution in [0.5, 0.6) is 5.75 Å². The number of rotatable bonds is 4. The predicted octanol–water partition coefficient (Wildman–Crippen LogP) is 2.51. The molecule has 26 heavy (non-hydrogen) atoms. The van der Waals surface area contributed by atoms with Gasteiger partial charge in [-0.1, -0.05) is 42.0 Å². The normalized spacial score (nSPS) is 19.4. The highest BCUT2D eigenvalue weighted by molar-refractivity contribution is 6.08. The monoisotopic (exact) mass is 356 g/mol. The minimum absolute atomic E-state index is 0.258. The van der Waals surface area contributed by atoms with E-state index in [1.165, 1.54) is 18.2 Å². The number of para-hydroxylation sites is 1. The van der Waals surface area contributed by atoms with Gasteiger partial charge in [0.05, 0.1) is 0 Å². The molecule has 134 valence electrons. The van der Waals surface area contributed by atoms with Crippen LogP contribution in [0.4, 0.5) is 9.18 Å². The third kappa shape index (κ3) is 3.15. The van der Waals surface area contributed by atoms with Crippen LogP contribution in [-0.2, 0) is 15.1 Å². The maximum Gasteiger partial charge on any atom is 0.331 e. The average molecular weight is 356 g/mol. The number of nitrogens with one attached hydrogen (secondary N) is 1. The largest absolute Gasteiger partial charge is 0.422 e. The zero-order valence-electron chi connectivity index (χ0n) is 14.3. The van der Waals surface area contributed by atoms with Crippen molar-refractivity contribution in [2.45, 2.75) is 19.4 Å². The smallest absolute Gasteiger partial charge is 0.331 e. The first-order valence-corrected chi connectivity index (χ1v) is 7.98. The number of amides is 3. The first kappa shape index (κ1) is 17.6. The Morgan fingerprint density at radius 3 is 2.46 bits per heavy atom. The van der Waals surface area contributed by atoms with Crippen molar-refractivity contribution in [3.63, 3.8) is 0 Å². The molecular weight excluding hydrogens is 339 g/mol. The molecule has 1 heterocycles. The van der Waals surface area contributed by atoms with Gasteiger partial charge in [0, 0.05) is 0 Å². The highest BCUT2D eigenvalue weighted by atomic mass is 19.1. The molecule has 7 heteroatoms. The molecule has 1 N–H and O–H groups in total. The molecule has 2 aromatic carbocycles. The van der Waals surface area contributed by atoms with Crippen LogP contribution in [0.2, 0.25) is 0 Å². The minimum Gasteiger partial charge on any atom is -0.422 e.